The number of carbonyl (C=O) groups excluding carboxylic acids is 1. The first-order valence-corrected chi connectivity index (χ1v) is 35.8. The van der Waals surface area contributed by atoms with Crippen molar-refractivity contribution in [3.63, 3.8) is 0 Å². The van der Waals surface area contributed by atoms with Crippen molar-refractivity contribution in [3.05, 3.63) is 36.5 Å². The van der Waals surface area contributed by atoms with E-state index in [1.54, 1.807) is 6.08 Å². The van der Waals surface area contributed by atoms with Gasteiger partial charge in [-0.05, 0) is 57.8 Å². The molecule has 0 aliphatic heterocycles. The molecule has 0 bridgehead atoms. The number of nitrogens with zero attached hydrogens (tertiary/aromatic N) is 1. The van der Waals surface area contributed by atoms with Gasteiger partial charge in [-0.2, -0.15) is 0 Å². The highest BCUT2D eigenvalue weighted by Gasteiger charge is 2.23. The minimum absolute atomic E-state index is 0.00474. The Morgan fingerprint density at radius 3 is 1.04 bits per heavy atom. The summed E-state index contributed by atoms with van der Waals surface area (Å²) in [5, 5.41) is 13.9. The van der Waals surface area contributed by atoms with Crippen LogP contribution in [0.15, 0.2) is 36.5 Å². The third kappa shape index (κ3) is 62.3. The molecule has 0 heterocycles. The number of phosphoric ester groups is 1. The van der Waals surface area contributed by atoms with Gasteiger partial charge in [0.05, 0.1) is 39.9 Å². The summed E-state index contributed by atoms with van der Waals surface area (Å²) in [7, 11) is 1.26. The molecule has 462 valence electrons. The van der Waals surface area contributed by atoms with Crippen LogP contribution >= 0.6 is 7.82 Å². The van der Waals surface area contributed by atoms with Crippen LogP contribution in [0.4, 0.5) is 0 Å². The van der Waals surface area contributed by atoms with Gasteiger partial charge in [-0.1, -0.05) is 320 Å². The van der Waals surface area contributed by atoms with E-state index in [0.29, 0.717) is 17.4 Å². The molecule has 0 radical (unpaired) electrons. The Balaban J connectivity index is 4.02. The summed E-state index contributed by atoms with van der Waals surface area (Å²) >= 11 is 0. The van der Waals surface area contributed by atoms with Crippen LogP contribution in [0.5, 0.6) is 0 Å². The number of carbonyl (C=O) groups is 1. The number of aliphatic hydroxyl groups excluding tert-OH is 1. The minimum Gasteiger partial charge on any atom is -0.756 e. The molecule has 0 saturated heterocycles. The topological polar surface area (TPSA) is 108 Å². The Morgan fingerprint density at radius 1 is 0.436 bits per heavy atom. The fourth-order valence-corrected chi connectivity index (χ4v) is 11.2. The lowest BCUT2D eigenvalue weighted by molar-refractivity contribution is -0.870. The number of likely N-dealkylation sites (N-methyl/N-ethyl adjacent to an activating group) is 1. The number of allylic oxidation sites excluding steroid dienone is 5. The van der Waals surface area contributed by atoms with Crippen molar-refractivity contribution in [2.24, 2.45) is 0 Å². The van der Waals surface area contributed by atoms with E-state index in [2.05, 4.69) is 43.5 Å². The van der Waals surface area contributed by atoms with E-state index in [1.165, 1.54) is 289 Å². The van der Waals surface area contributed by atoms with E-state index in [9.17, 15) is 19.4 Å². The average Bonchev–Trinajstić information content (AvgIpc) is 3.41. The summed E-state index contributed by atoms with van der Waals surface area (Å²) in [4.78, 5) is 25.6. The summed E-state index contributed by atoms with van der Waals surface area (Å²) in [6, 6.07) is -0.903. The van der Waals surface area contributed by atoms with Gasteiger partial charge in [-0.25, -0.2) is 0 Å². The SMILES string of the molecule is CCCCCCCCCCCCCCCC/C=C\CCCCCCCCCCCCCCCCCCCC(=O)NC(COP(=O)([O-])OCC[N+](C)(C)C)C(O)/C=C/CC/C=C/CCCCCCCCCCCCCCCCC. The summed E-state index contributed by atoms with van der Waals surface area (Å²) < 4.78 is 23.4. The second-order valence-corrected chi connectivity index (χ2v) is 26.3. The molecule has 0 rings (SSSR count). The smallest absolute Gasteiger partial charge is 0.268 e. The number of hydrogen-bond donors (Lipinski definition) is 2. The quantitative estimate of drug-likeness (QED) is 0.0272. The van der Waals surface area contributed by atoms with Gasteiger partial charge in [0.1, 0.15) is 13.2 Å². The standard InChI is InChI=1S/C69H135N2O6P/c1-6-8-10-12-14-16-18-20-22-24-26-28-29-30-31-32-33-34-35-36-37-38-39-40-41-43-45-47-49-51-53-55-57-59-61-63-69(73)70-67(66-77-78(74,75)76-65-64-71(3,4)5)68(72)62-60-58-56-54-52-50-48-46-44-42-27-25-23-21-19-17-15-13-11-9-7-2/h32-33,52,54,60,62,67-68,72H,6-31,34-51,53,55-59,61,63-66H2,1-5H3,(H-,70,73,74,75)/b33-32-,54-52+,62-60+. The molecule has 0 aliphatic rings. The van der Waals surface area contributed by atoms with E-state index in [-0.39, 0.29) is 19.1 Å². The summed E-state index contributed by atoms with van der Waals surface area (Å²) in [5.41, 5.74) is 0. The maximum absolute atomic E-state index is 13.0. The van der Waals surface area contributed by atoms with Crippen LogP contribution in [0.1, 0.15) is 348 Å². The van der Waals surface area contributed by atoms with Crippen molar-refractivity contribution < 1.29 is 32.9 Å². The van der Waals surface area contributed by atoms with Gasteiger partial charge >= 0.3 is 0 Å². The van der Waals surface area contributed by atoms with Crippen LogP contribution in [-0.4, -0.2) is 68.5 Å². The van der Waals surface area contributed by atoms with Gasteiger partial charge in [0.2, 0.25) is 5.91 Å². The number of nitrogens with one attached hydrogen (secondary N) is 1. The molecule has 1 amide bonds. The number of phosphoric acid groups is 1. The van der Waals surface area contributed by atoms with Crippen molar-refractivity contribution in [3.8, 4) is 0 Å². The Morgan fingerprint density at radius 2 is 0.718 bits per heavy atom. The van der Waals surface area contributed by atoms with Crippen LogP contribution < -0.4 is 10.2 Å². The fourth-order valence-electron chi connectivity index (χ4n) is 10.5. The van der Waals surface area contributed by atoms with Crippen molar-refractivity contribution in [1.29, 1.82) is 0 Å². The summed E-state index contributed by atoms with van der Waals surface area (Å²) in [5.74, 6) is -0.201. The van der Waals surface area contributed by atoms with E-state index in [1.807, 2.05) is 27.2 Å². The zero-order chi connectivity index (χ0) is 57.0. The van der Waals surface area contributed by atoms with Crippen molar-refractivity contribution in [1.82, 2.24) is 5.32 Å². The fraction of sp³-hybridized carbons (Fsp3) is 0.899. The molecule has 0 aromatic heterocycles. The van der Waals surface area contributed by atoms with Gasteiger partial charge in [-0.3, -0.25) is 9.36 Å². The first-order chi connectivity index (χ1) is 38.0. The van der Waals surface area contributed by atoms with Gasteiger partial charge in [0, 0.05) is 6.42 Å². The molecule has 0 spiro atoms. The van der Waals surface area contributed by atoms with Crippen LogP contribution in [0.25, 0.3) is 0 Å². The lowest BCUT2D eigenvalue weighted by Gasteiger charge is -2.29. The third-order valence-electron chi connectivity index (χ3n) is 15.8. The Bertz CT molecular complexity index is 1360. The molecule has 0 aliphatic carbocycles. The van der Waals surface area contributed by atoms with E-state index >= 15 is 0 Å². The zero-order valence-corrected chi connectivity index (χ0v) is 53.8. The molecule has 0 aromatic carbocycles. The van der Waals surface area contributed by atoms with Gasteiger partial charge < -0.3 is 28.8 Å². The van der Waals surface area contributed by atoms with Crippen molar-refractivity contribution in [2.75, 3.05) is 40.9 Å². The van der Waals surface area contributed by atoms with Crippen LogP contribution in [0, 0.1) is 0 Å². The largest absolute Gasteiger partial charge is 0.756 e. The predicted molar refractivity (Wildman–Crippen MR) is 339 cm³/mol. The monoisotopic (exact) mass is 1120 g/mol. The van der Waals surface area contributed by atoms with Crippen LogP contribution in [0.3, 0.4) is 0 Å². The highest BCUT2D eigenvalue weighted by Crippen LogP contribution is 2.38. The van der Waals surface area contributed by atoms with Crippen molar-refractivity contribution >= 4 is 13.7 Å². The molecule has 0 saturated carbocycles. The predicted octanol–water partition coefficient (Wildman–Crippen LogP) is 21.0. The molecule has 3 atom stereocenters. The Labute approximate surface area is 487 Å². The lowest BCUT2D eigenvalue weighted by atomic mass is 10.0. The number of hydrogen-bond acceptors (Lipinski definition) is 6. The maximum atomic E-state index is 13.0. The van der Waals surface area contributed by atoms with Crippen LogP contribution in [-0.2, 0) is 18.4 Å². The normalized spacial score (nSPS) is 13.9. The molecule has 9 heteroatoms. The van der Waals surface area contributed by atoms with Gasteiger partial charge in [-0.15, -0.1) is 0 Å². The van der Waals surface area contributed by atoms with Crippen LogP contribution in [0.2, 0.25) is 0 Å². The molecule has 3 unspecified atom stereocenters. The number of aliphatic hydroxyl groups is 1. The lowest BCUT2D eigenvalue weighted by Crippen LogP contribution is -2.45. The molecular formula is C69H135N2O6P. The number of rotatable bonds is 64. The molecule has 0 fully saturated rings. The highest BCUT2D eigenvalue weighted by molar-refractivity contribution is 7.45. The van der Waals surface area contributed by atoms with Gasteiger partial charge in [0.25, 0.3) is 7.82 Å². The second kappa shape index (κ2) is 60.3. The van der Waals surface area contributed by atoms with E-state index in [4.69, 9.17) is 9.05 Å². The first-order valence-electron chi connectivity index (χ1n) is 34.4. The Hall–Kier alpha value is -1.28. The maximum Gasteiger partial charge on any atom is 0.268 e. The summed E-state index contributed by atoms with van der Waals surface area (Å²) in [6.45, 7) is 4.68. The second-order valence-electron chi connectivity index (χ2n) is 24.9. The average molecular weight is 1120 g/mol. The van der Waals surface area contributed by atoms with E-state index < -0.39 is 20.0 Å². The van der Waals surface area contributed by atoms with E-state index in [0.717, 1.165) is 38.5 Å². The zero-order valence-electron chi connectivity index (χ0n) is 52.9. The number of quaternary nitrogens is 1. The molecular weight excluding hydrogens is 984 g/mol. The third-order valence-corrected chi connectivity index (χ3v) is 16.8. The molecule has 8 nitrogen and oxygen atoms in total. The number of amides is 1. The molecule has 2 N–H and O–H groups in total. The van der Waals surface area contributed by atoms with Crippen molar-refractivity contribution in [2.45, 2.75) is 360 Å². The summed E-state index contributed by atoms with van der Waals surface area (Å²) in [6.07, 6.45) is 79.9. The minimum atomic E-state index is -4.61. The molecule has 78 heavy (non-hydrogen) atoms. The van der Waals surface area contributed by atoms with Gasteiger partial charge in [0.15, 0.2) is 0 Å². The molecule has 0 aromatic rings. The first kappa shape index (κ1) is 76.7. The highest BCUT2D eigenvalue weighted by atomic mass is 31.2. The Kier molecular flexibility index (Phi) is 59.3. The number of unbranched alkanes of at least 4 members (excludes halogenated alkanes) is 47.